The second-order valence-corrected chi connectivity index (χ2v) is 2.01. The molecule has 1 fully saturated rings. The molecule has 60 valence electrons. The molecular formula is C6H12O4. The van der Waals surface area contributed by atoms with Gasteiger partial charge in [-0.25, -0.2) is 0 Å². The molecule has 4 heteroatoms. The lowest BCUT2D eigenvalue weighted by Gasteiger charge is -2.25. The molecule has 1 aliphatic rings. The highest BCUT2D eigenvalue weighted by Crippen LogP contribution is 2.05. The van der Waals surface area contributed by atoms with Crippen molar-refractivity contribution in [3.05, 3.63) is 0 Å². The molecule has 0 aliphatic carbocycles. The van der Waals surface area contributed by atoms with E-state index in [-0.39, 0.29) is 12.9 Å². The monoisotopic (exact) mass is 148 g/mol. The Balaban J connectivity index is 2.13. The molecular weight excluding hydrogens is 136 g/mol. The fourth-order valence-electron chi connectivity index (χ4n) is 0.758. The van der Waals surface area contributed by atoms with E-state index in [4.69, 9.17) is 19.3 Å². The van der Waals surface area contributed by atoms with Gasteiger partial charge in [-0.05, 0) is 6.92 Å². The minimum Gasteiger partial charge on any atom is -0.366 e. The maximum atomic E-state index is 8.79. The van der Waals surface area contributed by atoms with Gasteiger partial charge in [-0.2, -0.15) is 0 Å². The lowest BCUT2D eigenvalue weighted by atomic mass is 10.5. The highest BCUT2D eigenvalue weighted by molar-refractivity contribution is 4.51. The first-order chi connectivity index (χ1) is 4.83. The Hall–Kier alpha value is -0.160. The number of aliphatic hydroxyl groups is 1. The maximum absolute atomic E-state index is 8.79. The topological polar surface area (TPSA) is 47.9 Å². The summed E-state index contributed by atoms with van der Waals surface area (Å²) in [5.74, 6) is 0. The van der Waals surface area contributed by atoms with Crippen LogP contribution in [0.25, 0.3) is 0 Å². The van der Waals surface area contributed by atoms with Crippen LogP contribution in [0.5, 0.6) is 0 Å². The molecule has 0 amide bonds. The third kappa shape index (κ3) is 2.22. The fourth-order valence-corrected chi connectivity index (χ4v) is 0.758. The number of rotatable bonds is 2. The highest BCUT2D eigenvalue weighted by atomic mass is 16.7. The van der Waals surface area contributed by atoms with Crippen molar-refractivity contribution in [1.29, 1.82) is 0 Å². The molecule has 4 nitrogen and oxygen atoms in total. The minimum absolute atomic E-state index is 0.199. The van der Waals surface area contributed by atoms with E-state index < -0.39 is 6.29 Å². The van der Waals surface area contributed by atoms with Gasteiger partial charge in [0.05, 0.1) is 0 Å². The van der Waals surface area contributed by atoms with E-state index in [2.05, 4.69) is 0 Å². The van der Waals surface area contributed by atoms with Gasteiger partial charge in [-0.1, -0.05) is 0 Å². The van der Waals surface area contributed by atoms with E-state index in [9.17, 15) is 0 Å². The van der Waals surface area contributed by atoms with Crippen molar-refractivity contribution in [2.45, 2.75) is 19.5 Å². The van der Waals surface area contributed by atoms with Crippen LogP contribution in [0.4, 0.5) is 0 Å². The zero-order chi connectivity index (χ0) is 7.40. The van der Waals surface area contributed by atoms with Crippen molar-refractivity contribution in [2.24, 2.45) is 0 Å². The van der Waals surface area contributed by atoms with Gasteiger partial charge in [0.1, 0.15) is 13.2 Å². The zero-order valence-corrected chi connectivity index (χ0v) is 5.95. The second-order valence-electron chi connectivity index (χ2n) is 2.01. The number of hydrogen-bond acceptors (Lipinski definition) is 4. The summed E-state index contributed by atoms with van der Waals surface area (Å²) in [5.41, 5.74) is 0. The zero-order valence-electron chi connectivity index (χ0n) is 5.95. The molecule has 2 unspecified atom stereocenters. The normalized spacial score (nSPS) is 34.2. The maximum Gasteiger partial charge on any atom is 0.181 e. The van der Waals surface area contributed by atoms with Crippen LogP contribution in [0.3, 0.4) is 0 Å². The smallest absolute Gasteiger partial charge is 0.181 e. The van der Waals surface area contributed by atoms with E-state index >= 15 is 0 Å². The number of hydrogen-bond donors (Lipinski definition) is 1. The number of aliphatic hydroxyl groups excluding tert-OH is 1. The molecule has 0 bridgehead atoms. The molecule has 0 aromatic rings. The third-order valence-electron chi connectivity index (χ3n) is 1.20. The first-order valence-electron chi connectivity index (χ1n) is 3.35. The van der Waals surface area contributed by atoms with Gasteiger partial charge >= 0.3 is 0 Å². The standard InChI is InChI=1S/C6H12O4/c1-2-8-6-4-9-5(7)3-10-6/h5-7H,2-4H2,1H3. The SMILES string of the molecule is CCOC1COC(O)CO1. The largest absolute Gasteiger partial charge is 0.366 e. The molecule has 0 aromatic carbocycles. The molecule has 10 heavy (non-hydrogen) atoms. The lowest BCUT2D eigenvalue weighted by molar-refractivity contribution is -0.276. The van der Waals surface area contributed by atoms with Crippen LogP contribution >= 0.6 is 0 Å². The highest BCUT2D eigenvalue weighted by Gasteiger charge is 2.19. The summed E-state index contributed by atoms with van der Waals surface area (Å²) < 4.78 is 15.0. The van der Waals surface area contributed by atoms with Gasteiger partial charge in [0.15, 0.2) is 12.6 Å². The molecule has 1 N–H and O–H groups in total. The predicted molar refractivity (Wildman–Crippen MR) is 33.3 cm³/mol. The van der Waals surface area contributed by atoms with E-state index in [1.54, 1.807) is 0 Å². The van der Waals surface area contributed by atoms with E-state index in [1.165, 1.54) is 0 Å². The summed E-state index contributed by atoms with van der Waals surface area (Å²) in [6, 6.07) is 0. The van der Waals surface area contributed by atoms with Crippen LogP contribution in [0.2, 0.25) is 0 Å². The van der Waals surface area contributed by atoms with Crippen molar-refractivity contribution in [3.63, 3.8) is 0 Å². The van der Waals surface area contributed by atoms with Gasteiger partial charge in [0.2, 0.25) is 0 Å². The second kappa shape index (κ2) is 3.88. The Morgan fingerprint density at radius 1 is 1.50 bits per heavy atom. The molecule has 0 aromatic heterocycles. The van der Waals surface area contributed by atoms with Crippen LogP contribution in [0.1, 0.15) is 6.92 Å². The van der Waals surface area contributed by atoms with Gasteiger partial charge in [0, 0.05) is 6.61 Å². The first kappa shape index (κ1) is 7.94. The van der Waals surface area contributed by atoms with E-state index in [0.717, 1.165) is 0 Å². The molecule has 1 rings (SSSR count). The van der Waals surface area contributed by atoms with Crippen molar-refractivity contribution in [3.8, 4) is 0 Å². The molecule has 0 spiro atoms. The first-order valence-corrected chi connectivity index (χ1v) is 3.35. The van der Waals surface area contributed by atoms with Crippen LogP contribution in [0.15, 0.2) is 0 Å². The Morgan fingerprint density at radius 2 is 2.30 bits per heavy atom. The van der Waals surface area contributed by atoms with Gasteiger partial charge in [0.25, 0.3) is 0 Å². The summed E-state index contributed by atoms with van der Waals surface area (Å²) in [6.45, 7) is 3.00. The van der Waals surface area contributed by atoms with E-state index in [0.29, 0.717) is 13.2 Å². The van der Waals surface area contributed by atoms with Crippen molar-refractivity contribution in [2.75, 3.05) is 19.8 Å². The molecule has 0 radical (unpaired) electrons. The van der Waals surface area contributed by atoms with Crippen molar-refractivity contribution < 1.29 is 19.3 Å². The molecule has 1 saturated heterocycles. The Kier molecular flexibility index (Phi) is 3.08. The third-order valence-corrected chi connectivity index (χ3v) is 1.20. The van der Waals surface area contributed by atoms with Crippen LogP contribution in [-0.4, -0.2) is 37.5 Å². The van der Waals surface area contributed by atoms with Gasteiger partial charge in [-0.15, -0.1) is 0 Å². The Labute approximate surface area is 59.7 Å². The summed E-state index contributed by atoms with van der Waals surface area (Å²) in [4.78, 5) is 0. The van der Waals surface area contributed by atoms with Gasteiger partial charge in [-0.3, -0.25) is 0 Å². The fraction of sp³-hybridized carbons (Fsp3) is 1.00. The van der Waals surface area contributed by atoms with Crippen molar-refractivity contribution >= 4 is 0 Å². The van der Waals surface area contributed by atoms with Crippen molar-refractivity contribution in [1.82, 2.24) is 0 Å². The lowest BCUT2D eigenvalue weighted by Crippen LogP contribution is -2.36. The van der Waals surface area contributed by atoms with Gasteiger partial charge < -0.3 is 19.3 Å². The summed E-state index contributed by atoms with van der Waals surface area (Å²) in [5, 5.41) is 8.79. The minimum atomic E-state index is -0.781. The summed E-state index contributed by atoms with van der Waals surface area (Å²) in [7, 11) is 0. The Bertz CT molecular complexity index is 87.7. The molecule has 0 saturated carbocycles. The molecule has 1 aliphatic heterocycles. The summed E-state index contributed by atoms with van der Waals surface area (Å²) in [6.07, 6.45) is -1.08. The van der Waals surface area contributed by atoms with Crippen LogP contribution < -0.4 is 0 Å². The Morgan fingerprint density at radius 3 is 2.80 bits per heavy atom. The summed E-state index contributed by atoms with van der Waals surface area (Å²) >= 11 is 0. The number of ether oxygens (including phenoxy) is 3. The van der Waals surface area contributed by atoms with E-state index in [1.807, 2.05) is 6.92 Å². The average molecular weight is 148 g/mol. The molecule has 2 atom stereocenters. The molecule has 1 heterocycles. The average Bonchev–Trinajstić information content (AvgIpc) is 1.95. The predicted octanol–water partition coefficient (Wildman–Crippen LogP) is -0.286. The quantitative estimate of drug-likeness (QED) is 0.584. The van der Waals surface area contributed by atoms with Crippen LogP contribution in [-0.2, 0) is 14.2 Å². The van der Waals surface area contributed by atoms with Crippen LogP contribution in [0, 0.1) is 0 Å².